The van der Waals surface area contributed by atoms with Crippen LogP contribution >= 0.6 is 0 Å². The summed E-state index contributed by atoms with van der Waals surface area (Å²) in [4.78, 5) is 28.9. The summed E-state index contributed by atoms with van der Waals surface area (Å²) < 4.78 is 18.2. The van der Waals surface area contributed by atoms with Crippen LogP contribution in [0.5, 0.6) is 0 Å². The summed E-state index contributed by atoms with van der Waals surface area (Å²) in [6.07, 6.45) is 3.22. The van der Waals surface area contributed by atoms with Crippen LogP contribution in [0.25, 0.3) is 10.9 Å². The Bertz CT molecular complexity index is 774. The van der Waals surface area contributed by atoms with E-state index in [9.17, 15) is 14.0 Å². The van der Waals surface area contributed by atoms with Gasteiger partial charge in [-0.25, -0.2) is 9.18 Å². The number of hydrogen-bond acceptors (Lipinski definition) is 3. The SMILES string of the molecule is CCOC(=O)N[C@H]1CCCN(C(=O)Cc2c[nH]c3cc(F)ccc23)C1. The van der Waals surface area contributed by atoms with Gasteiger partial charge in [0.15, 0.2) is 0 Å². The number of aromatic amines is 1. The number of nitrogens with one attached hydrogen (secondary N) is 2. The van der Waals surface area contributed by atoms with Gasteiger partial charge in [0.1, 0.15) is 5.82 Å². The molecule has 1 saturated heterocycles. The fourth-order valence-electron chi connectivity index (χ4n) is 3.24. The minimum atomic E-state index is -0.444. The number of aromatic nitrogens is 1. The van der Waals surface area contributed by atoms with Crippen LogP contribution in [0.2, 0.25) is 0 Å². The minimum Gasteiger partial charge on any atom is -0.450 e. The van der Waals surface area contributed by atoms with Crippen molar-refractivity contribution >= 4 is 22.9 Å². The highest BCUT2D eigenvalue weighted by Crippen LogP contribution is 2.21. The van der Waals surface area contributed by atoms with Gasteiger partial charge in [-0.3, -0.25) is 4.79 Å². The van der Waals surface area contributed by atoms with Gasteiger partial charge in [-0.05, 0) is 43.5 Å². The molecule has 2 aromatic rings. The van der Waals surface area contributed by atoms with Gasteiger partial charge in [0.25, 0.3) is 0 Å². The van der Waals surface area contributed by atoms with Crippen LogP contribution in [-0.4, -0.2) is 47.6 Å². The third-order valence-corrected chi connectivity index (χ3v) is 4.44. The van der Waals surface area contributed by atoms with Crippen LogP contribution < -0.4 is 5.32 Å². The number of halogens is 1. The maximum Gasteiger partial charge on any atom is 0.407 e. The van der Waals surface area contributed by atoms with Gasteiger partial charge in [-0.2, -0.15) is 0 Å². The number of nitrogens with zero attached hydrogens (tertiary/aromatic N) is 1. The van der Waals surface area contributed by atoms with E-state index >= 15 is 0 Å². The number of H-pyrrole nitrogens is 1. The van der Waals surface area contributed by atoms with Crippen molar-refractivity contribution in [1.29, 1.82) is 0 Å². The molecule has 7 heteroatoms. The topological polar surface area (TPSA) is 74.4 Å². The molecule has 2 N–H and O–H groups in total. The fraction of sp³-hybridized carbons (Fsp3) is 0.444. The van der Waals surface area contributed by atoms with Crippen molar-refractivity contribution in [2.24, 2.45) is 0 Å². The number of ether oxygens (including phenoxy) is 1. The van der Waals surface area contributed by atoms with E-state index in [1.54, 1.807) is 24.1 Å². The number of piperidine rings is 1. The third kappa shape index (κ3) is 4.10. The molecule has 0 aliphatic carbocycles. The molecule has 1 fully saturated rings. The minimum absolute atomic E-state index is 0.000541. The van der Waals surface area contributed by atoms with E-state index in [0.29, 0.717) is 25.2 Å². The van der Waals surface area contributed by atoms with Crippen molar-refractivity contribution in [2.75, 3.05) is 19.7 Å². The molecule has 0 saturated carbocycles. The van der Waals surface area contributed by atoms with E-state index < -0.39 is 6.09 Å². The van der Waals surface area contributed by atoms with Crippen molar-refractivity contribution in [3.05, 3.63) is 35.8 Å². The average molecular weight is 347 g/mol. The smallest absolute Gasteiger partial charge is 0.407 e. The molecule has 1 atom stereocenters. The van der Waals surface area contributed by atoms with E-state index in [4.69, 9.17) is 4.74 Å². The molecule has 1 aliphatic rings. The highest BCUT2D eigenvalue weighted by Gasteiger charge is 2.25. The second kappa shape index (κ2) is 7.55. The summed E-state index contributed by atoms with van der Waals surface area (Å²) >= 11 is 0. The summed E-state index contributed by atoms with van der Waals surface area (Å²) in [5.74, 6) is -0.309. The van der Waals surface area contributed by atoms with Crippen LogP contribution in [0, 0.1) is 5.82 Å². The molecule has 2 amide bonds. The molecule has 0 bridgehead atoms. The normalized spacial score (nSPS) is 17.5. The highest BCUT2D eigenvalue weighted by atomic mass is 19.1. The molecule has 3 rings (SSSR count). The molecule has 0 unspecified atom stereocenters. The lowest BCUT2D eigenvalue weighted by Gasteiger charge is -2.33. The molecular weight excluding hydrogens is 325 g/mol. The first-order valence-corrected chi connectivity index (χ1v) is 8.53. The molecule has 6 nitrogen and oxygen atoms in total. The Kier molecular flexibility index (Phi) is 5.21. The van der Waals surface area contributed by atoms with E-state index in [1.807, 2.05) is 0 Å². The average Bonchev–Trinajstić information content (AvgIpc) is 2.97. The Balaban J connectivity index is 1.63. The molecule has 2 heterocycles. The number of amides is 2. The molecule has 1 aromatic carbocycles. The number of carbonyl (C=O) groups excluding carboxylic acids is 2. The molecule has 25 heavy (non-hydrogen) atoms. The first-order chi connectivity index (χ1) is 12.1. The maximum absolute atomic E-state index is 13.3. The fourth-order valence-corrected chi connectivity index (χ4v) is 3.24. The van der Waals surface area contributed by atoms with E-state index in [1.165, 1.54) is 12.1 Å². The Morgan fingerprint density at radius 1 is 1.44 bits per heavy atom. The predicted molar refractivity (Wildman–Crippen MR) is 91.7 cm³/mol. The maximum atomic E-state index is 13.3. The molecule has 0 radical (unpaired) electrons. The lowest BCUT2D eigenvalue weighted by Crippen LogP contribution is -2.50. The Morgan fingerprint density at radius 2 is 2.28 bits per heavy atom. The summed E-state index contributed by atoms with van der Waals surface area (Å²) in [7, 11) is 0. The van der Waals surface area contributed by atoms with E-state index in [0.717, 1.165) is 23.8 Å². The van der Waals surface area contributed by atoms with Crippen molar-refractivity contribution < 1.29 is 18.7 Å². The highest BCUT2D eigenvalue weighted by molar-refractivity contribution is 5.89. The number of rotatable bonds is 4. The Labute approximate surface area is 145 Å². The van der Waals surface area contributed by atoms with E-state index in [2.05, 4.69) is 10.3 Å². The molecule has 0 spiro atoms. The van der Waals surface area contributed by atoms with Gasteiger partial charge in [0.05, 0.1) is 13.0 Å². The molecule has 1 aromatic heterocycles. The van der Waals surface area contributed by atoms with Gasteiger partial charge in [-0.15, -0.1) is 0 Å². The van der Waals surface area contributed by atoms with Gasteiger partial charge in [0, 0.05) is 36.2 Å². The number of hydrogen-bond donors (Lipinski definition) is 2. The lowest BCUT2D eigenvalue weighted by atomic mass is 10.0. The Hall–Kier alpha value is -2.57. The van der Waals surface area contributed by atoms with E-state index in [-0.39, 0.29) is 24.2 Å². The zero-order valence-electron chi connectivity index (χ0n) is 14.2. The number of benzene rings is 1. The molecule has 134 valence electrons. The van der Waals surface area contributed by atoms with Gasteiger partial charge < -0.3 is 19.9 Å². The number of fused-ring (bicyclic) bond motifs is 1. The zero-order valence-corrected chi connectivity index (χ0v) is 14.2. The molecule has 1 aliphatic heterocycles. The monoisotopic (exact) mass is 347 g/mol. The summed E-state index contributed by atoms with van der Waals surface area (Å²) in [5, 5.41) is 3.65. The number of alkyl carbamates (subject to hydrolysis) is 1. The van der Waals surface area contributed by atoms with Crippen LogP contribution in [0.1, 0.15) is 25.3 Å². The van der Waals surface area contributed by atoms with Crippen molar-refractivity contribution in [2.45, 2.75) is 32.2 Å². The van der Waals surface area contributed by atoms with Gasteiger partial charge in [0.2, 0.25) is 5.91 Å². The number of likely N-dealkylation sites (tertiary alicyclic amines) is 1. The first-order valence-electron chi connectivity index (χ1n) is 8.53. The van der Waals surface area contributed by atoms with Crippen molar-refractivity contribution in [3.8, 4) is 0 Å². The van der Waals surface area contributed by atoms with Gasteiger partial charge in [-0.1, -0.05) is 0 Å². The zero-order chi connectivity index (χ0) is 17.8. The summed E-state index contributed by atoms with van der Waals surface area (Å²) in [6, 6.07) is 4.41. The first kappa shape index (κ1) is 17.3. The van der Waals surface area contributed by atoms with Crippen LogP contribution in [0.3, 0.4) is 0 Å². The third-order valence-electron chi connectivity index (χ3n) is 4.44. The second-order valence-electron chi connectivity index (χ2n) is 6.22. The standard InChI is InChI=1S/C18H22FN3O3/c1-2-25-18(24)21-14-4-3-7-22(11-14)17(23)8-12-10-20-16-9-13(19)5-6-15(12)16/h5-6,9-10,14,20H,2-4,7-8,11H2,1H3,(H,21,24)/t14-/m0/s1. The predicted octanol–water partition coefficient (Wildman–Crippen LogP) is 2.59. The van der Waals surface area contributed by atoms with Crippen LogP contribution in [0.15, 0.2) is 24.4 Å². The molecular formula is C18H22FN3O3. The second-order valence-corrected chi connectivity index (χ2v) is 6.22. The summed E-state index contributed by atoms with van der Waals surface area (Å²) in [5.41, 5.74) is 1.53. The largest absolute Gasteiger partial charge is 0.450 e. The van der Waals surface area contributed by atoms with Crippen molar-refractivity contribution in [1.82, 2.24) is 15.2 Å². The van der Waals surface area contributed by atoms with Crippen LogP contribution in [-0.2, 0) is 16.0 Å². The summed E-state index contributed by atoms with van der Waals surface area (Å²) in [6.45, 7) is 3.23. The van der Waals surface area contributed by atoms with Crippen LogP contribution in [0.4, 0.5) is 9.18 Å². The lowest BCUT2D eigenvalue weighted by molar-refractivity contribution is -0.131. The number of carbonyl (C=O) groups is 2. The Morgan fingerprint density at radius 3 is 3.08 bits per heavy atom. The van der Waals surface area contributed by atoms with Gasteiger partial charge >= 0.3 is 6.09 Å². The quantitative estimate of drug-likeness (QED) is 0.893. The van der Waals surface area contributed by atoms with Crippen molar-refractivity contribution in [3.63, 3.8) is 0 Å².